The highest BCUT2D eigenvalue weighted by Crippen LogP contribution is 2.54. The topological polar surface area (TPSA) is 0 Å². The third kappa shape index (κ3) is 1.88. The Labute approximate surface area is 187 Å². The average molecular weight is 516 g/mol. The lowest BCUT2D eigenvalue weighted by Gasteiger charge is -2.24. The van der Waals surface area contributed by atoms with E-state index in [9.17, 15) is 52.7 Å². The van der Waals surface area contributed by atoms with E-state index in [1.165, 1.54) is 0 Å². The minimum atomic E-state index is -2.28. The van der Waals surface area contributed by atoms with Gasteiger partial charge in [0.25, 0.3) is 0 Å². The molecule has 0 N–H and O–H groups in total. The van der Waals surface area contributed by atoms with Gasteiger partial charge in [0, 0.05) is 32.3 Å². The van der Waals surface area contributed by atoms with Gasteiger partial charge >= 0.3 is 0 Å². The zero-order chi connectivity index (χ0) is 25.9. The van der Waals surface area contributed by atoms with Crippen molar-refractivity contribution in [2.75, 3.05) is 0 Å². The Morgan fingerprint density at radius 2 is 0.222 bits per heavy atom. The maximum absolute atomic E-state index is 15.0. The van der Waals surface area contributed by atoms with Crippen molar-refractivity contribution >= 4 is 64.6 Å². The Balaban J connectivity index is 2.14. The molecule has 0 bridgehead atoms. The maximum atomic E-state index is 15.0. The lowest BCUT2D eigenvalue weighted by atomic mass is 9.81. The number of halogens is 12. The Bertz CT molecular complexity index is 1640. The molecule has 7 rings (SSSR count). The third-order valence-corrected chi connectivity index (χ3v) is 6.79. The Morgan fingerprint density at radius 1 is 0.139 bits per heavy atom. The van der Waals surface area contributed by atoms with Gasteiger partial charge < -0.3 is 0 Å². The molecule has 0 heterocycles. The van der Waals surface area contributed by atoms with Gasteiger partial charge in [0.05, 0.1) is 32.3 Å². The van der Waals surface area contributed by atoms with Crippen LogP contribution in [0.2, 0.25) is 0 Å². The van der Waals surface area contributed by atoms with Crippen molar-refractivity contribution in [1.82, 2.24) is 0 Å². The van der Waals surface area contributed by atoms with Gasteiger partial charge in [-0.1, -0.05) is 0 Å². The lowest BCUT2D eigenvalue weighted by Crippen LogP contribution is -2.09. The number of hydrogen-bond acceptors (Lipinski definition) is 0. The van der Waals surface area contributed by atoms with Crippen LogP contribution in [-0.4, -0.2) is 0 Å². The molecule has 0 saturated heterocycles. The molecule has 0 aliphatic rings. The second-order valence-electron chi connectivity index (χ2n) is 8.27. The first-order valence-electron chi connectivity index (χ1n) is 9.77. The summed E-state index contributed by atoms with van der Waals surface area (Å²) < 4.78 is 180. The number of rotatable bonds is 0. The molecular weight excluding hydrogens is 516 g/mol. The van der Waals surface area contributed by atoms with Gasteiger partial charge in [0.15, 0.2) is 69.8 Å². The molecule has 7 aromatic rings. The van der Waals surface area contributed by atoms with Crippen molar-refractivity contribution in [3.05, 3.63) is 69.8 Å². The summed E-state index contributed by atoms with van der Waals surface area (Å²) >= 11 is 0. The highest BCUT2D eigenvalue weighted by atomic mass is 19.2. The summed E-state index contributed by atoms with van der Waals surface area (Å²) in [5.41, 5.74) is 0. The lowest BCUT2D eigenvalue weighted by molar-refractivity contribution is 0.479. The van der Waals surface area contributed by atoms with E-state index in [4.69, 9.17) is 0 Å². The Morgan fingerprint density at radius 3 is 0.306 bits per heavy atom. The normalized spacial score (nSPS) is 13.0. The van der Waals surface area contributed by atoms with Gasteiger partial charge in [0.2, 0.25) is 0 Å². The summed E-state index contributed by atoms with van der Waals surface area (Å²) in [6, 6.07) is 0. The molecule has 0 aliphatic carbocycles. The fourth-order valence-corrected chi connectivity index (χ4v) is 5.46. The summed E-state index contributed by atoms with van der Waals surface area (Å²) in [5, 5.41) is -16.2. The van der Waals surface area contributed by atoms with E-state index in [0.717, 1.165) is 0 Å². The molecule has 0 aliphatic heterocycles. The zero-order valence-electron chi connectivity index (χ0n) is 16.5. The summed E-state index contributed by atoms with van der Waals surface area (Å²) in [6.07, 6.45) is 0. The van der Waals surface area contributed by atoms with Gasteiger partial charge in [-0.3, -0.25) is 0 Å². The van der Waals surface area contributed by atoms with E-state index in [-0.39, 0.29) is 0 Å². The highest BCUT2D eigenvalue weighted by molar-refractivity contribution is 6.45. The van der Waals surface area contributed by atoms with Crippen LogP contribution >= 0.6 is 0 Å². The SMILES string of the molecule is Fc1c(F)c2c(F)c(F)c3c(F)c(F)c4c(F)c(F)c5c(F)c(F)c6c(F)c(F)c1c1c2c3c4c5c61. The summed E-state index contributed by atoms with van der Waals surface area (Å²) in [4.78, 5) is 0. The molecule has 0 atom stereocenters. The van der Waals surface area contributed by atoms with Crippen LogP contribution in [0, 0.1) is 69.8 Å². The third-order valence-electron chi connectivity index (χ3n) is 6.79. The molecule has 0 radical (unpaired) electrons. The van der Waals surface area contributed by atoms with E-state index in [1.54, 1.807) is 0 Å². The van der Waals surface area contributed by atoms with Crippen LogP contribution in [0.25, 0.3) is 64.6 Å². The van der Waals surface area contributed by atoms with E-state index < -0.39 is 134 Å². The van der Waals surface area contributed by atoms with Crippen molar-refractivity contribution in [3.8, 4) is 0 Å². The minimum Gasteiger partial charge on any atom is -0.203 e. The van der Waals surface area contributed by atoms with Crippen LogP contribution < -0.4 is 0 Å². The van der Waals surface area contributed by atoms with Gasteiger partial charge in [-0.25, -0.2) is 52.7 Å². The molecular formula is C24F12. The highest BCUT2D eigenvalue weighted by Gasteiger charge is 2.38. The fourth-order valence-electron chi connectivity index (χ4n) is 5.46. The van der Waals surface area contributed by atoms with Gasteiger partial charge in [0.1, 0.15) is 0 Å². The maximum Gasteiger partial charge on any atom is 0.170 e. The average Bonchev–Trinajstić information content (AvgIpc) is 2.83. The van der Waals surface area contributed by atoms with Crippen molar-refractivity contribution in [1.29, 1.82) is 0 Å². The molecule has 0 unspecified atom stereocenters. The predicted octanol–water partition coefficient (Wildman–Crippen LogP) is 8.59. The minimum absolute atomic E-state index is 1.10. The van der Waals surface area contributed by atoms with Gasteiger partial charge in [-0.05, 0) is 0 Å². The largest absolute Gasteiger partial charge is 0.203 e. The van der Waals surface area contributed by atoms with Crippen molar-refractivity contribution in [2.24, 2.45) is 0 Å². The van der Waals surface area contributed by atoms with Crippen LogP contribution in [0.15, 0.2) is 0 Å². The molecule has 0 amide bonds. The van der Waals surface area contributed by atoms with E-state index in [0.29, 0.717) is 0 Å². The molecule has 0 saturated carbocycles. The van der Waals surface area contributed by atoms with Crippen LogP contribution in [0.4, 0.5) is 52.7 Å². The first kappa shape index (κ1) is 21.3. The zero-order valence-corrected chi connectivity index (χ0v) is 16.5. The quantitative estimate of drug-likeness (QED) is 0.108. The molecule has 7 aromatic carbocycles. The second kappa shape index (κ2) is 6.05. The predicted molar refractivity (Wildman–Crippen MR) is 105 cm³/mol. The van der Waals surface area contributed by atoms with Crippen LogP contribution in [0.5, 0.6) is 0 Å². The molecule has 180 valence electrons. The first-order chi connectivity index (χ1) is 16.9. The fraction of sp³-hybridized carbons (Fsp3) is 0. The van der Waals surface area contributed by atoms with Crippen LogP contribution in [-0.2, 0) is 0 Å². The molecule has 0 spiro atoms. The van der Waals surface area contributed by atoms with Crippen molar-refractivity contribution in [3.63, 3.8) is 0 Å². The molecule has 0 fully saturated rings. The van der Waals surface area contributed by atoms with Crippen LogP contribution in [0.3, 0.4) is 0 Å². The van der Waals surface area contributed by atoms with Gasteiger partial charge in [-0.15, -0.1) is 0 Å². The standard InChI is InChI=1S/C24F12/c25-13-7-1-2-4-6-5-3(1)9(16(28)14(7)26)18(30)20(32)11(5)22(34)24(36)12(6)23(35)21(33)10(4)19(31)17(29)8(2)15(13)27. The molecule has 0 aromatic heterocycles. The number of hydrogen-bond donors (Lipinski definition) is 0. The first-order valence-corrected chi connectivity index (χ1v) is 9.77. The number of benzene rings is 7. The summed E-state index contributed by atoms with van der Waals surface area (Å²) in [6.45, 7) is 0. The Hall–Kier alpha value is -3.96. The Kier molecular flexibility index (Phi) is 3.59. The van der Waals surface area contributed by atoms with Gasteiger partial charge in [-0.2, -0.15) is 0 Å². The van der Waals surface area contributed by atoms with Crippen molar-refractivity contribution < 1.29 is 52.7 Å². The molecule has 12 heteroatoms. The van der Waals surface area contributed by atoms with Crippen molar-refractivity contribution in [2.45, 2.75) is 0 Å². The molecule has 0 nitrogen and oxygen atoms in total. The summed E-state index contributed by atoms with van der Waals surface area (Å²) in [7, 11) is 0. The monoisotopic (exact) mass is 516 g/mol. The summed E-state index contributed by atoms with van der Waals surface area (Å²) in [5.74, 6) is -27.4. The molecule has 36 heavy (non-hydrogen) atoms. The van der Waals surface area contributed by atoms with E-state index >= 15 is 0 Å². The van der Waals surface area contributed by atoms with E-state index in [1.807, 2.05) is 0 Å². The smallest absolute Gasteiger partial charge is 0.170 e. The van der Waals surface area contributed by atoms with E-state index in [2.05, 4.69) is 0 Å². The second-order valence-corrected chi connectivity index (χ2v) is 8.27. The van der Waals surface area contributed by atoms with Crippen LogP contribution in [0.1, 0.15) is 0 Å².